The molecular formula is C20H25FN4OS2. The number of thiazole rings is 1. The third-order valence-corrected chi connectivity index (χ3v) is 6.26. The lowest BCUT2D eigenvalue weighted by atomic mass is 10.0. The maximum absolute atomic E-state index is 13.2. The molecule has 0 bridgehead atoms. The first-order chi connectivity index (χ1) is 13.4. The number of benzene rings is 1. The van der Waals surface area contributed by atoms with Crippen LogP contribution >= 0.6 is 23.1 Å². The van der Waals surface area contributed by atoms with Crippen molar-refractivity contribution in [2.75, 3.05) is 11.9 Å². The lowest BCUT2D eigenvalue weighted by Gasteiger charge is -2.19. The highest BCUT2D eigenvalue weighted by Crippen LogP contribution is 2.36. The number of aliphatic hydroxyl groups is 1. The Morgan fingerprint density at radius 2 is 1.86 bits per heavy atom. The fraction of sp³-hybridized carbons (Fsp3) is 0.450. The molecule has 150 valence electrons. The zero-order valence-corrected chi connectivity index (χ0v) is 18.1. The second kappa shape index (κ2) is 9.15. The van der Waals surface area contributed by atoms with Crippen molar-refractivity contribution in [2.24, 2.45) is 5.92 Å². The number of fused-ring (bicyclic) bond motifs is 1. The number of hydrogen-bond donors (Lipinski definition) is 2. The molecule has 0 amide bonds. The summed E-state index contributed by atoms with van der Waals surface area (Å²) in [4.78, 5) is 13.8. The molecule has 0 aliphatic heterocycles. The van der Waals surface area contributed by atoms with Crippen molar-refractivity contribution in [2.45, 2.75) is 50.6 Å². The van der Waals surface area contributed by atoms with Gasteiger partial charge in [-0.05, 0) is 43.9 Å². The lowest BCUT2D eigenvalue weighted by Crippen LogP contribution is -2.26. The number of aliphatic hydroxyl groups excluding tert-OH is 1. The molecule has 1 aromatic carbocycles. The first-order valence-corrected chi connectivity index (χ1v) is 11.0. The molecule has 28 heavy (non-hydrogen) atoms. The van der Waals surface area contributed by atoms with E-state index in [9.17, 15) is 9.50 Å². The predicted octanol–water partition coefficient (Wildman–Crippen LogP) is 5.21. The fourth-order valence-electron chi connectivity index (χ4n) is 2.96. The van der Waals surface area contributed by atoms with Crippen LogP contribution in [0.2, 0.25) is 0 Å². The molecule has 0 spiro atoms. The number of thioether (sulfide) groups is 1. The van der Waals surface area contributed by atoms with Gasteiger partial charge in [-0.3, -0.25) is 0 Å². The minimum atomic E-state index is -0.247. The van der Waals surface area contributed by atoms with Crippen molar-refractivity contribution in [1.82, 2.24) is 15.0 Å². The number of aromatic nitrogens is 3. The number of anilines is 1. The molecule has 3 aromatic rings. The Kier molecular flexibility index (Phi) is 6.85. The molecule has 0 fully saturated rings. The zero-order chi connectivity index (χ0) is 20.3. The number of rotatable bonds is 8. The van der Waals surface area contributed by atoms with E-state index in [2.05, 4.69) is 29.1 Å². The first kappa shape index (κ1) is 21.0. The van der Waals surface area contributed by atoms with Gasteiger partial charge in [0.2, 0.25) is 0 Å². The van der Waals surface area contributed by atoms with Crippen LogP contribution in [-0.4, -0.2) is 32.7 Å². The Morgan fingerprint density at radius 1 is 1.14 bits per heavy atom. The van der Waals surface area contributed by atoms with Gasteiger partial charge in [0, 0.05) is 5.25 Å². The van der Waals surface area contributed by atoms with E-state index < -0.39 is 0 Å². The van der Waals surface area contributed by atoms with Gasteiger partial charge < -0.3 is 10.4 Å². The zero-order valence-electron chi connectivity index (χ0n) is 16.4. The van der Waals surface area contributed by atoms with Crippen molar-refractivity contribution in [3.63, 3.8) is 0 Å². The molecule has 3 rings (SSSR count). The minimum Gasteiger partial charge on any atom is -0.394 e. The topological polar surface area (TPSA) is 70.9 Å². The van der Waals surface area contributed by atoms with E-state index in [-0.39, 0.29) is 23.7 Å². The third-order valence-electron chi connectivity index (χ3n) is 4.28. The van der Waals surface area contributed by atoms with Gasteiger partial charge in [0.15, 0.2) is 16.6 Å². The van der Waals surface area contributed by atoms with E-state index in [1.165, 1.54) is 23.9 Å². The number of nitrogens with one attached hydrogen (secondary N) is 1. The van der Waals surface area contributed by atoms with Gasteiger partial charge in [0.25, 0.3) is 0 Å². The first-order valence-electron chi connectivity index (χ1n) is 9.30. The summed E-state index contributed by atoms with van der Waals surface area (Å²) in [5.41, 5.74) is 1.67. The summed E-state index contributed by atoms with van der Waals surface area (Å²) in [6.45, 7) is 8.28. The van der Waals surface area contributed by atoms with E-state index in [4.69, 9.17) is 4.98 Å². The molecule has 0 saturated heterocycles. The van der Waals surface area contributed by atoms with Crippen LogP contribution < -0.4 is 5.32 Å². The van der Waals surface area contributed by atoms with Crippen LogP contribution in [0.1, 0.15) is 43.0 Å². The standard InChI is InChI=1S/C20H25FN4OS2/c1-11(2)9-16(10-26)23-19-17-18(22-13(4)28-17)24-20(25-19)27-12(3)14-5-7-15(21)8-6-14/h5-8,11-12,16,26H,9-10H2,1-4H3,(H,23,24,25)/t12?,16-/m1/s1. The Balaban J connectivity index is 1.89. The number of aryl methyl sites for hydroxylation is 1. The summed E-state index contributed by atoms with van der Waals surface area (Å²) in [6, 6.07) is 6.41. The molecule has 2 atom stereocenters. The van der Waals surface area contributed by atoms with Gasteiger partial charge in [-0.25, -0.2) is 19.3 Å². The Hall–Kier alpha value is -1.77. The number of nitrogens with zero attached hydrogens (tertiary/aromatic N) is 3. The minimum absolute atomic E-state index is 0.0376. The van der Waals surface area contributed by atoms with Crippen LogP contribution in [0.25, 0.3) is 10.3 Å². The van der Waals surface area contributed by atoms with Crippen molar-refractivity contribution in [1.29, 1.82) is 0 Å². The monoisotopic (exact) mass is 420 g/mol. The second-order valence-electron chi connectivity index (χ2n) is 7.21. The number of halogens is 1. The van der Waals surface area contributed by atoms with Crippen LogP contribution in [0.5, 0.6) is 0 Å². The molecule has 0 aliphatic carbocycles. The highest BCUT2D eigenvalue weighted by atomic mass is 32.2. The van der Waals surface area contributed by atoms with Gasteiger partial charge >= 0.3 is 0 Å². The normalized spacial score (nSPS) is 13.8. The Labute approximate surface area is 172 Å². The Morgan fingerprint density at radius 3 is 2.50 bits per heavy atom. The van der Waals surface area contributed by atoms with E-state index in [0.29, 0.717) is 22.5 Å². The quantitative estimate of drug-likeness (QED) is 0.385. The van der Waals surface area contributed by atoms with E-state index in [1.807, 2.05) is 13.8 Å². The van der Waals surface area contributed by atoms with Crippen molar-refractivity contribution in [3.8, 4) is 0 Å². The predicted molar refractivity (Wildman–Crippen MR) is 115 cm³/mol. The molecule has 2 aromatic heterocycles. The van der Waals surface area contributed by atoms with Gasteiger partial charge in [-0.2, -0.15) is 0 Å². The molecular weight excluding hydrogens is 395 g/mol. The average Bonchev–Trinajstić information content (AvgIpc) is 3.01. The molecule has 0 aliphatic rings. The van der Waals surface area contributed by atoms with Crippen molar-refractivity contribution < 1.29 is 9.50 Å². The van der Waals surface area contributed by atoms with Crippen LogP contribution in [0, 0.1) is 18.7 Å². The van der Waals surface area contributed by atoms with Crippen molar-refractivity contribution >= 4 is 39.3 Å². The summed E-state index contributed by atoms with van der Waals surface area (Å²) >= 11 is 3.05. The summed E-state index contributed by atoms with van der Waals surface area (Å²) in [6.07, 6.45) is 0.842. The SMILES string of the molecule is Cc1nc2nc(SC(C)c3ccc(F)cc3)nc(N[C@@H](CO)CC(C)C)c2s1. The molecule has 1 unspecified atom stereocenters. The molecule has 0 saturated carbocycles. The molecule has 5 nitrogen and oxygen atoms in total. The Bertz CT molecular complexity index is 930. The van der Waals surface area contributed by atoms with Gasteiger partial charge in [0.1, 0.15) is 10.5 Å². The summed E-state index contributed by atoms with van der Waals surface area (Å²) in [5.74, 6) is 0.921. The average molecular weight is 421 g/mol. The molecule has 8 heteroatoms. The highest BCUT2D eigenvalue weighted by Gasteiger charge is 2.18. The fourth-order valence-corrected chi connectivity index (χ4v) is 4.66. The summed E-state index contributed by atoms with van der Waals surface area (Å²) in [5, 5.41) is 14.7. The second-order valence-corrected chi connectivity index (χ2v) is 9.72. The van der Waals surface area contributed by atoms with Crippen molar-refractivity contribution in [3.05, 3.63) is 40.7 Å². The van der Waals surface area contributed by atoms with E-state index in [1.54, 1.807) is 23.5 Å². The van der Waals surface area contributed by atoms with Crippen LogP contribution in [0.4, 0.5) is 10.2 Å². The van der Waals surface area contributed by atoms with Gasteiger partial charge in [-0.15, -0.1) is 11.3 Å². The summed E-state index contributed by atoms with van der Waals surface area (Å²) < 4.78 is 14.1. The lowest BCUT2D eigenvalue weighted by molar-refractivity contribution is 0.259. The number of hydrogen-bond acceptors (Lipinski definition) is 7. The highest BCUT2D eigenvalue weighted by molar-refractivity contribution is 7.99. The summed E-state index contributed by atoms with van der Waals surface area (Å²) in [7, 11) is 0. The van der Waals surface area contributed by atoms with Crippen LogP contribution in [0.3, 0.4) is 0 Å². The largest absolute Gasteiger partial charge is 0.394 e. The maximum atomic E-state index is 13.2. The molecule has 2 heterocycles. The van der Waals surface area contributed by atoms with E-state index >= 15 is 0 Å². The van der Waals surface area contributed by atoms with E-state index in [0.717, 1.165) is 21.7 Å². The van der Waals surface area contributed by atoms with Crippen LogP contribution in [0.15, 0.2) is 29.4 Å². The van der Waals surface area contributed by atoms with Gasteiger partial charge in [-0.1, -0.05) is 37.7 Å². The maximum Gasteiger partial charge on any atom is 0.192 e. The molecule has 2 N–H and O–H groups in total. The third kappa shape index (κ3) is 5.18. The van der Waals surface area contributed by atoms with Crippen LogP contribution in [-0.2, 0) is 0 Å². The molecule has 0 radical (unpaired) electrons. The smallest absolute Gasteiger partial charge is 0.192 e. The van der Waals surface area contributed by atoms with Gasteiger partial charge in [0.05, 0.1) is 17.7 Å².